The lowest BCUT2D eigenvalue weighted by atomic mass is 10.0. The van der Waals surface area contributed by atoms with Gasteiger partial charge in [0.15, 0.2) is 5.65 Å². The van der Waals surface area contributed by atoms with E-state index >= 15 is 0 Å². The van der Waals surface area contributed by atoms with Crippen molar-refractivity contribution in [2.45, 2.75) is 33.7 Å². The first-order chi connectivity index (χ1) is 14.6. The maximum atomic E-state index is 6.04. The summed E-state index contributed by atoms with van der Waals surface area (Å²) in [6, 6.07) is 8.44. The van der Waals surface area contributed by atoms with Crippen LogP contribution in [-0.2, 0) is 13.0 Å². The second kappa shape index (κ2) is 7.40. The largest absolute Gasteiger partial charge is 0.491 e. The molecule has 3 aromatic heterocycles. The van der Waals surface area contributed by atoms with Gasteiger partial charge in [0, 0.05) is 35.1 Å². The molecule has 1 aliphatic rings. The zero-order valence-electron chi connectivity index (χ0n) is 17.4. The predicted molar refractivity (Wildman–Crippen MR) is 117 cm³/mol. The molecule has 30 heavy (non-hydrogen) atoms. The van der Waals surface area contributed by atoms with E-state index in [9.17, 15) is 0 Å². The van der Waals surface area contributed by atoms with E-state index in [0.717, 1.165) is 76.0 Å². The second-order valence-electron chi connectivity index (χ2n) is 7.63. The van der Waals surface area contributed by atoms with Crippen LogP contribution in [0.15, 0.2) is 36.8 Å². The molecule has 152 valence electrons. The lowest BCUT2D eigenvalue weighted by Crippen LogP contribution is -2.27. The molecule has 1 N–H and O–H groups in total. The Morgan fingerprint density at radius 1 is 1.10 bits per heavy atom. The number of benzene rings is 1. The fourth-order valence-electron chi connectivity index (χ4n) is 4.08. The summed E-state index contributed by atoms with van der Waals surface area (Å²) in [7, 11) is 0. The Bertz CT molecular complexity index is 1230. The van der Waals surface area contributed by atoms with Gasteiger partial charge >= 0.3 is 0 Å². The smallest absolute Gasteiger partial charge is 0.177 e. The number of imidazole rings is 1. The van der Waals surface area contributed by atoms with Gasteiger partial charge in [-0.2, -0.15) is 0 Å². The number of aromatic amines is 1. The summed E-state index contributed by atoms with van der Waals surface area (Å²) in [6.07, 6.45) is 4.44. The molecule has 5 rings (SSSR count). The van der Waals surface area contributed by atoms with Crippen LogP contribution in [0.3, 0.4) is 0 Å². The van der Waals surface area contributed by atoms with Gasteiger partial charge in [-0.3, -0.25) is 0 Å². The van der Waals surface area contributed by atoms with Crippen LogP contribution in [0.4, 0.5) is 5.82 Å². The van der Waals surface area contributed by atoms with Crippen LogP contribution in [0.1, 0.15) is 29.6 Å². The summed E-state index contributed by atoms with van der Waals surface area (Å²) in [5.41, 5.74) is 7.22. The summed E-state index contributed by atoms with van der Waals surface area (Å²) in [5.74, 6) is 2.78. The molecule has 7 nitrogen and oxygen atoms in total. The van der Waals surface area contributed by atoms with E-state index in [0.29, 0.717) is 6.61 Å². The fourth-order valence-corrected chi connectivity index (χ4v) is 4.08. The lowest BCUT2D eigenvalue weighted by Gasteiger charge is -2.23. The standard InChI is InChI=1S/C23H24N6O/c1-4-19-14(2)23(26-13-25-19)29-7-8-30-21-6-5-16(9-18(21)12-29)17-10-20-22(24-11-17)28-15(3)27-20/h5-6,9-11,13H,4,7-8,12H2,1-3H3,(H,24,27,28). The van der Waals surface area contributed by atoms with Gasteiger partial charge in [-0.1, -0.05) is 13.0 Å². The molecule has 0 atom stereocenters. The number of anilines is 1. The van der Waals surface area contributed by atoms with Gasteiger partial charge in [-0.15, -0.1) is 0 Å². The van der Waals surface area contributed by atoms with Gasteiger partial charge in [0.05, 0.1) is 12.1 Å². The minimum Gasteiger partial charge on any atom is -0.491 e. The van der Waals surface area contributed by atoms with E-state index in [1.807, 2.05) is 13.1 Å². The van der Waals surface area contributed by atoms with Crippen LogP contribution in [0.5, 0.6) is 5.75 Å². The van der Waals surface area contributed by atoms with Crippen molar-refractivity contribution in [1.29, 1.82) is 0 Å². The minimum absolute atomic E-state index is 0.623. The van der Waals surface area contributed by atoms with E-state index in [1.165, 1.54) is 0 Å². The average Bonchev–Trinajstić information content (AvgIpc) is 2.99. The van der Waals surface area contributed by atoms with Crippen LogP contribution < -0.4 is 9.64 Å². The zero-order valence-corrected chi connectivity index (χ0v) is 17.4. The predicted octanol–water partition coefficient (Wildman–Crippen LogP) is 3.99. The highest BCUT2D eigenvalue weighted by Gasteiger charge is 2.20. The molecule has 0 saturated carbocycles. The van der Waals surface area contributed by atoms with E-state index in [4.69, 9.17) is 4.74 Å². The third-order valence-electron chi connectivity index (χ3n) is 5.63. The number of hydrogen-bond donors (Lipinski definition) is 1. The van der Waals surface area contributed by atoms with E-state index < -0.39 is 0 Å². The topological polar surface area (TPSA) is 79.8 Å². The van der Waals surface area contributed by atoms with Crippen LogP contribution in [0.2, 0.25) is 0 Å². The van der Waals surface area contributed by atoms with E-state index in [1.54, 1.807) is 6.33 Å². The molecule has 0 radical (unpaired) electrons. The third kappa shape index (κ3) is 3.26. The number of H-pyrrole nitrogens is 1. The Morgan fingerprint density at radius 2 is 2.00 bits per heavy atom. The van der Waals surface area contributed by atoms with Crippen LogP contribution >= 0.6 is 0 Å². The highest BCUT2D eigenvalue weighted by Crippen LogP contribution is 2.32. The first-order valence-corrected chi connectivity index (χ1v) is 10.3. The highest BCUT2D eigenvalue weighted by molar-refractivity contribution is 5.78. The van der Waals surface area contributed by atoms with Crippen molar-refractivity contribution in [3.63, 3.8) is 0 Å². The Kier molecular flexibility index (Phi) is 4.58. The number of aromatic nitrogens is 5. The van der Waals surface area contributed by atoms with Gasteiger partial charge in [-0.25, -0.2) is 19.9 Å². The Balaban J connectivity index is 1.51. The Morgan fingerprint density at radius 3 is 2.87 bits per heavy atom. The summed E-state index contributed by atoms with van der Waals surface area (Å²) in [5, 5.41) is 0. The van der Waals surface area contributed by atoms with Crippen LogP contribution in [-0.4, -0.2) is 38.1 Å². The molecule has 7 heteroatoms. The molecular weight excluding hydrogens is 376 g/mol. The molecule has 1 aliphatic heterocycles. The zero-order chi connectivity index (χ0) is 20.7. The minimum atomic E-state index is 0.623. The van der Waals surface area contributed by atoms with Gasteiger partial charge in [0.2, 0.25) is 0 Å². The lowest BCUT2D eigenvalue weighted by molar-refractivity contribution is 0.331. The van der Waals surface area contributed by atoms with Crippen LogP contribution in [0.25, 0.3) is 22.3 Å². The Labute approximate surface area is 175 Å². The molecule has 4 heterocycles. The van der Waals surface area contributed by atoms with Crippen molar-refractivity contribution in [3.8, 4) is 16.9 Å². The number of hydrogen-bond acceptors (Lipinski definition) is 6. The molecular formula is C23H24N6O. The molecule has 1 aromatic carbocycles. The molecule has 0 fully saturated rings. The summed E-state index contributed by atoms with van der Waals surface area (Å²) >= 11 is 0. The molecule has 0 unspecified atom stereocenters. The molecule has 0 aliphatic carbocycles. The molecule has 0 saturated heterocycles. The first-order valence-electron chi connectivity index (χ1n) is 10.3. The fraction of sp³-hybridized carbons (Fsp3) is 0.304. The van der Waals surface area contributed by atoms with E-state index in [-0.39, 0.29) is 0 Å². The van der Waals surface area contributed by atoms with Crippen molar-refractivity contribution in [2.24, 2.45) is 0 Å². The molecule has 0 amide bonds. The van der Waals surface area contributed by atoms with Crippen molar-refractivity contribution in [2.75, 3.05) is 18.1 Å². The second-order valence-corrected chi connectivity index (χ2v) is 7.63. The number of pyridine rings is 1. The van der Waals surface area contributed by atoms with Crippen LogP contribution in [0, 0.1) is 13.8 Å². The average molecular weight is 400 g/mol. The van der Waals surface area contributed by atoms with Gasteiger partial charge < -0.3 is 14.6 Å². The molecule has 0 bridgehead atoms. The van der Waals surface area contributed by atoms with Gasteiger partial charge in [0.1, 0.15) is 30.3 Å². The summed E-state index contributed by atoms with van der Waals surface area (Å²) < 4.78 is 6.04. The number of nitrogens with one attached hydrogen (secondary N) is 1. The van der Waals surface area contributed by atoms with Crippen molar-refractivity contribution >= 4 is 17.0 Å². The SMILES string of the molecule is CCc1ncnc(N2CCOc3ccc(-c4cnc5nc(C)[nH]c5c4)cc3C2)c1C. The normalized spacial score (nSPS) is 13.8. The number of aryl methyl sites for hydroxylation is 2. The maximum absolute atomic E-state index is 6.04. The highest BCUT2D eigenvalue weighted by atomic mass is 16.5. The quantitative estimate of drug-likeness (QED) is 0.560. The first kappa shape index (κ1) is 18.5. The number of nitrogens with zero attached hydrogens (tertiary/aromatic N) is 5. The van der Waals surface area contributed by atoms with Gasteiger partial charge in [0.25, 0.3) is 0 Å². The maximum Gasteiger partial charge on any atom is 0.177 e. The summed E-state index contributed by atoms with van der Waals surface area (Å²) in [6.45, 7) is 8.31. The number of fused-ring (bicyclic) bond motifs is 2. The molecule has 4 aromatic rings. The number of ether oxygens (including phenoxy) is 1. The third-order valence-corrected chi connectivity index (χ3v) is 5.63. The number of rotatable bonds is 3. The Hall–Kier alpha value is -3.48. The van der Waals surface area contributed by atoms with Crippen molar-refractivity contribution in [1.82, 2.24) is 24.9 Å². The van der Waals surface area contributed by atoms with Crippen molar-refractivity contribution < 1.29 is 4.74 Å². The molecule has 0 spiro atoms. The van der Waals surface area contributed by atoms with Gasteiger partial charge in [-0.05, 0) is 44.0 Å². The monoisotopic (exact) mass is 400 g/mol. The van der Waals surface area contributed by atoms with Crippen molar-refractivity contribution in [3.05, 3.63) is 59.4 Å². The van der Waals surface area contributed by atoms with E-state index in [2.05, 4.69) is 67.9 Å². The summed E-state index contributed by atoms with van der Waals surface area (Å²) in [4.78, 5) is 23.4.